The molecule has 104 valence electrons. The van der Waals surface area contributed by atoms with Gasteiger partial charge >= 0.3 is 0 Å². The lowest BCUT2D eigenvalue weighted by Gasteiger charge is -2.25. The number of halogens is 1. The van der Waals surface area contributed by atoms with Crippen LogP contribution in [0.1, 0.15) is 23.8 Å². The molecule has 1 saturated heterocycles. The quantitative estimate of drug-likeness (QED) is 0.779. The Labute approximate surface area is 122 Å². The van der Waals surface area contributed by atoms with Gasteiger partial charge in [-0.1, -0.05) is 12.2 Å². The highest BCUT2D eigenvalue weighted by atomic mass is 35.5. The van der Waals surface area contributed by atoms with Crippen molar-refractivity contribution < 1.29 is 4.79 Å². The van der Waals surface area contributed by atoms with Crippen LogP contribution in [0.25, 0.3) is 0 Å². The summed E-state index contributed by atoms with van der Waals surface area (Å²) in [5, 5.41) is 6.24. The van der Waals surface area contributed by atoms with Crippen LogP contribution in [0.4, 0.5) is 0 Å². The normalized spacial score (nSPS) is 28.8. The fourth-order valence-electron chi connectivity index (χ4n) is 2.61. The van der Waals surface area contributed by atoms with Crippen molar-refractivity contribution in [3.63, 3.8) is 0 Å². The summed E-state index contributed by atoms with van der Waals surface area (Å²) in [5.41, 5.74) is 2.92. The highest BCUT2D eigenvalue weighted by Crippen LogP contribution is 2.30. The number of nitrogens with zero attached hydrogens (tertiary/aromatic N) is 1. The number of nitrogens with one attached hydrogen (secondary N) is 2. The molecule has 1 aliphatic carbocycles. The highest BCUT2D eigenvalue weighted by molar-refractivity contribution is 6.22. The van der Waals surface area contributed by atoms with Gasteiger partial charge in [0.2, 0.25) is 5.91 Å². The van der Waals surface area contributed by atoms with Crippen LogP contribution in [0, 0.1) is 12.8 Å². The first-order valence-electron chi connectivity index (χ1n) is 6.64. The fourth-order valence-corrected chi connectivity index (χ4v) is 2.92. The van der Waals surface area contributed by atoms with Gasteiger partial charge in [0.25, 0.3) is 0 Å². The molecule has 1 amide bonds. The molecule has 1 aromatic heterocycles. The Bertz CT molecular complexity index is 597. The maximum absolute atomic E-state index is 12.1. The van der Waals surface area contributed by atoms with Gasteiger partial charge in [-0.15, -0.1) is 11.6 Å². The zero-order chi connectivity index (χ0) is 14.1. The number of rotatable bonds is 1. The van der Waals surface area contributed by atoms with Gasteiger partial charge in [-0.05, 0) is 30.7 Å². The maximum atomic E-state index is 12.1. The van der Waals surface area contributed by atoms with Crippen molar-refractivity contribution in [3.05, 3.63) is 53.5 Å². The number of hydrogen-bond acceptors (Lipinski definition) is 3. The summed E-state index contributed by atoms with van der Waals surface area (Å²) in [4.78, 5) is 16.3. The molecule has 20 heavy (non-hydrogen) atoms. The summed E-state index contributed by atoms with van der Waals surface area (Å²) in [7, 11) is 0. The average Bonchev–Trinajstić information content (AvgIpc) is 2.58. The van der Waals surface area contributed by atoms with E-state index in [1.165, 1.54) is 0 Å². The first-order chi connectivity index (χ1) is 9.63. The largest absolute Gasteiger partial charge is 0.365 e. The number of allylic oxidation sites excluding steroid dienone is 4. The third-order valence-corrected chi connectivity index (χ3v) is 4.08. The van der Waals surface area contributed by atoms with Crippen LogP contribution in [-0.2, 0) is 4.79 Å². The molecule has 1 aromatic rings. The number of aryl methyl sites for hydroxylation is 1. The molecular formula is C15H16ClN3O. The molecule has 0 radical (unpaired) electrons. The summed E-state index contributed by atoms with van der Waals surface area (Å²) in [6.07, 6.45) is 7.75. The second-order valence-corrected chi connectivity index (χ2v) is 5.64. The van der Waals surface area contributed by atoms with E-state index in [0.717, 1.165) is 17.0 Å². The molecule has 1 fully saturated rings. The van der Waals surface area contributed by atoms with Crippen LogP contribution in [0.15, 0.2) is 42.3 Å². The van der Waals surface area contributed by atoms with Gasteiger partial charge in [0.1, 0.15) is 6.17 Å². The molecule has 0 saturated carbocycles. The van der Waals surface area contributed by atoms with Gasteiger partial charge in [-0.2, -0.15) is 0 Å². The predicted molar refractivity (Wildman–Crippen MR) is 78.0 cm³/mol. The Morgan fingerprint density at radius 1 is 1.40 bits per heavy atom. The Kier molecular flexibility index (Phi) is 3.49. The average molecular weight is 290 g/mol. The molecule has 0 bridgehead atoms. The SMILES string of the molecule is Cc1cc(C2NC(=O)CC3C(=CC=CC3Cl)N2)ccn1. The standard InChI is InChI=1S/C15H16ClN3O/c1-9-7-10(5-6-17-9)15-18-13-4-2-3-12(16)11(13)8-14(20)19-15/h2-7,11-12,15,18H,8H2,1H3,(H,19,20). The van der Waals surface area contributed by atoms with E-state index in [4.69, 9.17) is 11.6 Å². The second kappa shape index (κ2) is 5.29. The van der Waals surface area contributed by atoms with E-state index in [1.807, 2.05) is 37.3 Å². The Morgan fingerprint density at radius 2 is 2.25 bits per heavy atom. The van der Waals surface area contributed by atoms with E-state index in [0.29, 0.717) is 6.42 Å². The molecule has 4 nitrogen and oxygen atoms in total. The van der Waals surface area contributed by atoms with Crippen LogP contribution in [0.3, 0.4) is 0 Å². The minimum Gasteiger partial charge on any atom is -0.365 e. The molecule has 0 aromatic carbocycles. The van der Waals surface area contributed by atoms with Crippen molar-refractivity contribution in [2.75, 3.05) is 0 Å². The lowest BCUT2D eigenvalue weighted by atomic mass is 9.93. The van der Waals surface area contributed by atoms with Gasteiger partial charge in [0, 0.05) is 29.9 Å². The molecule has 2 aliphatic rings. The summed E-state index contributed by atoms with van der Waals surface area (Å²) < 4.78 is 0. The lowest BCUT2D eigenvalue weighted by molar-refractivity contribution is -0.122. The summed E-state index contributed by atoms with van der Waals surface area (Å²) >= 11 is 6.29. The van der Waals surface area contributed by atoms with Crippen molar-refractivity contribution in [1.29, 1.82) is 0 Å². The Hall–Kier alpha value is -1.81. The van der Waals surface area contributed by atoms with Crippen molar-refractivity contribution in [3.8, 4) is 0 Å². The summed E-state index contributed by atoms with van der Waals surface area (Å²) in [5.74, 6) is 0.0147. The monoisotopic (exact) mass is 289 g/mol. The summed E-state index contributed by atoms with van der Waals surface area (Å²) in [6.45, 7) is 1.93. The van der Waals surface area contributed by atoms with Crippen LogP contribution in [-0.4, -0.2) is 16.3 Å². The van der Waals surface area contributed by atoms with Gasteiger partial charge in [-0.25, -0.2) is 0 Å². The van der Waals surface area contributed by atoms with Crippen molar-refractivity contribution >= 4 is 17.5 Å². The number of alkyl halides is 1. The zero-order valence-electron chi connectivity index (χ0n) is 11.1. The maximum Gasteiger partial charge on any atom is 0.222 e. The minimum absolute atomic E-state index is 0.00585. The third-order valence-electron chi connectivity index (χ3n) is 3.63. The lowest BCUT2D eigenvalue weighted by Crippen LogP contribution is -2.34. The second-order valence-electron chi connectivity index (χ2n) is 5.14. The third kappa shape index (κ3) is 2.56. The Morgan fingerprint density at radius 3 is 3.05 bits per heavy atom. The predicted octanol–water partition coefficient (Wildman–Crippen LogP) is 2.18. The number of fused-ring (bicyclic) bond motifs is 1. The number of carbonyl (C=O) groups is 1. The van der Waals surface area contributed by atoms with Gasteiger partial charge < -0.3 is 10.6 Å². The van der Waals surface area contributed by atoms with Crippen molar-refractivity contribution in [2.24, 2.45) is 5.92 Å². The molecule has 3 atom stereocenters. The van der Waals surface area contributed by atoms with Gasteiger partial charge in [0.15, 0.2) is 0 Å². The number of carbonyl (C=O) groups excluding carboxylic acids is 1. The molecule has 3 unspecified atom stereocenters. The first kappa shape index (κ1) is 13.2. The van der Waals surface area contributed by atoms with Crippen LogP contribution in [0.2, 0.25) is 0 Å². The smallest absolute Gasteiger partial charge is 0.222 e. The molecule has 3 rings (SSSR count). The van der Waals surface area contributed by atoms with Gasteiger partial charge in [-0.3, -0.25) is 9.78 Å². The number of pyridine rings is 1. The zero-order valence-corrected chi connectivity index (χ0v) is 11.9. The minimum atomic E-state index is -0.240. The van der Waals surface area contributed by atoms with E-state index in [1.54, 1.807) is 6.20 Å². The van der Waals surface area contributed by atoms with Crippen molar-refractivity contribution in [2.45, 2.75) is 24.9 Å². The topological polar surface area (TPSA) is 54.0 Å². The van der Waals surface area contributed by atoms with Crippen LogP contribution in [0.5, 0.6) is 0 Å². The molecule has 2 heterocycles. The molecule has 1 aliphatic heterocycles. The number of hydrogen-bond donors (Lipinski definition) is 2. The number of amides is 1. The number of aromatic nitrogens is 1. The highest BCUT2D eigenvalue weighted by Gasteiger charge is 2.32. The summed E-state index contributed by atoms with van der Waals surface area (Å²) in [6, 6.07) is 3.87. The van der Waals surface area contributed by atoms with Crippen LogP contribution < -0.4 is 10.6 Å². The van der Waals surface area contributed by atoms with E-state index in [2.05, 4.69) is 15.6 Å². The van der Waals surface area contributed by atoms with E-state index in [-0.39, 0.29) is 23.4 Å². The van der Waals surface area contributed by atoms with Gasteiger partial charge in [0.05, 0.1) is 5.38 Å². The molecule has 0 spiro atoms. The Balaban J connectivity index is 1.92. The van der Waals surface area contributed by atoms with E-state index < -0.39 is 0 Å². The molecular weight excluding hydrogens is 274 g/mol. The molecule has 2 N–H and O–H groups in total. The van der Waals surface area contributed by atoms with E-state index >= 15 is 0 Å². The van der Waals surface area contributed by atoms with E-state index in [9.17, 15) is 4.79 Å². The molecule has 5 heteroatoms. The van der Waals surface area contributed by atoms with Crippen LogP contribution >= 0.6 is 11.6 Å². The first-order valence-corrected chi connectivity index (χ1v) is 7.08. The van der Waals surface area contributed by atoms with Crippen molar-refractivity contribution in [1.82, 2.24) is 15.6 Å². The fraction of sp³-hybridized carbons (Fsp3) is 0.333.